The molecule has 2 rings (SSSR count). The van der Waals surface area contributed by atoms with Gasteiger partial charge in [-0.1, -0.05) is 35.9 Å². The molecule has 0 aliphatic carbocycles. The first-order valence-electron chi connectivity index (χ1n) is 5.32. The summed E-state index contributed by atoms with van der Waals surface area (Å²) in [6.45, 7) is 0. The van der Waals surface area contributed by atoms with Crippen LogP contribution in [0.4, 0.5) is 0 Å². The molecule has 88 valence electrons. The molecule has 3 heteroatoms. The first-order valence-corrected chi connectivity index (χ1v) is 6.78. The van der Waals surface area contributed by atoms with Crippen LogP contribution in [0.1, 0.15) is 11.1 Å². The topological polar surface area (TPSA) is 23.8 Å². The molecule has 2 aromatic rings. The molecule has 0 N–H and O–H groups in total. The van der Waals surface area contributed by atoms with Gasteiger partial charge in [-0.3, -0.25) is 0 Å². The van der Waals surface area contributed by atoms with Crippen molar-refractivity contribution in [2.45, 2.75) is 0 Å². The van der Waals surface area contributed by atoms with Crippen LogP contribution < -0.4 is 0 Å². The summed E-state index contributed by atoms with van der Waals surface area (Å²) in [5.74, 6) is 0. The molecular formula is C15H9ClIN. The van der Waals surface area contributed by atoms with Crippen LogP contribution >= 0.6 is 34.2 Å². The van der Waals surface area contributed by atoms with Gasteiger partial charge in [-0.25, -0.2) is 0 Å². The maximum Gasteiger partial charge on any atom is 0.0998 e. The Kier molecular flexibility index (Phi) is 4.40. The summed E-state index contributed by atoms with van der Waals surface area (Å²) in [7, 11) is 0. The van der Waals surface area contributed by atoms with Crippen LogP contribution in [0.25, 0.3) is 11.6 Å². The van der Waals surface area contributed by atoms with Gasteiger partial charge in [0.25, 0.3) is 0 Å². The number of nitriles is 1. The fourth-order valence-corrected chi connectivity index (χ4v) is 2.36. The van der Waals surface area contributed by atoms with Crippen molar-refractivity contribution in [1.29, 1.82) is 5.26 Å². The minimum atomic E-state index is 0.611. The third kappa shape index (κ3) is 3.34. The summed E-state index contributed by atoms with van der Waals surface area (Å²) in [6, 6.07) is 17.5. The zero-order valence-corrected chi connectivity index (χ0v) is 12.3. The second kappa shape index (κ2) is 6.03. The van der Waals surface area contributed by atoms with E-state index in [1.807, 2.05) is 42.5 Å². The molecule has 0 aromatic heterocycles. The number of halogens is 2. The van der Waals surface area contributed by atoms with Crippen molar-refractivity contribution in [3.05, 3.63) is 68.3 Å². The monoisotopic (exact) mass is 365 g/mol. The highest BCUT2D eigenvalue weighted by molar-refractivity contribution is 14.1. The summed E-state index contributed by atoms with van der Waals surface area (Å²) >= 11 is 8.19. The third-order valence-corrected chi connectivity index (χ3v) is 3.32. The Morgan fingerprint density at radius 3 is 2.61 bits per heavy atom. The van der Waals surface area contributed by atoms with Crippen LogP contribution in [0, 0.1) is 14.9 Å². The molecule has 0 aliphatic rings. The minimum absolute atomic E-state index is 0.611. The van der Waals surface area contributed by atoms with Crippen LogP contribution in [0.2, 0.25) is 5.02 Å². The average molecular weight is 366 g/mol. The van der Waals surface area contributed by atoms with E-state index >= 15 is 0 Å². The van der Waals surface area contributed by atoms with Crippen molar-refractivity contribution in [3.8, 4) is 6.07 Å². The standard InChI is InChI=1S/C15H9ClIN/c16-14-5-2-4-12(9-14)13(10-18)7-11-3-1-6-15(17)8-11/h1-9H/b13-7-. The van der Waals surface area contributed by atoms with Crippen molar-refractivity contribution >= 4 is 45.8 Å². The van der Waals surface area contributed by atoms with E-state index < -0.39 is 0 Å². The zero-order chi connectivity index (χ0) is 13.0. The molecule has 0 saturated carbocycles. The Balaban J connectivity index is 2.44. The summed E-state index contributed by atoms with van der Waals surface area (Å²) < 4.78 is 1.14. The van der Waals surface area contributed by atoms with E-state index in [4.69, 9.17) is 11.6 Å². The molecule has 0 radical (unpaired) electrons. The molecule has 18 heavy (non-hydrogen) atoms. The summed E-state index contributed by atoms with van der Waals surface area (Å²) in [5, 5.41) is 9.87. The summed E-state index contributed by atoms with van der Waals surface area (Å²) in [5.41, 5.74) is 2.46. The van der Waals surface area contributed by atoms with Crippen LogP contribution in [0.5, 0.6) is 0 Å². The van der Waals surface area contributed by atoms with E-state index in [0.717, 1.165) is 14.7 Å². The van der Waals surface area contributed by atoms with E-state index in [1.165, 1.54) is 0 Å². The van der Waals surface area contributed by atoms with Crippen molar-refractivity contribution in [3.63, 3.8) is 0 Å². The predicted molar refractivity (Wildman–Crippen MR) is 84.1 cm³/mol. The Morgan fingerprint density at radius 1 is 1.17 bits per heavy atom. The van der Waals surface area contributed by atoms with E-state index in [2.05, 4.69) is 28.7 Å². The predicted octanol–water partition coefficient (Wildman–Crippen LogP) is 5.01. The van der Waals surface area contributed by atoms with Crippen molar-refractivity contribution in [1.82, 2.24) is 0 Å². The molecule has 0 unspecified atom stereocenters. The van der Waals surface area contributed by atoms with Crippen LogP contribution in [-0.2, 0) is 0 Å². The van der Waals surface area contributed by atoms with Gasteiger partial charge >= 0.3 is 0 Å². The number of benzene rings is 2. The lowest BCUT2D eigenvalue weighted by Gasteiger charge is -2.01. The quantitative estimate of drug-likeness (QED) is 0.417. The maximum absolute atomic E-state index is 9.24. The molecule has 1 nitrogen and oxygen atoms in total. The lowest BCUT2D eigenvalue weighted by atomic mass is 10.0. The van der Waals surface area contributed by atoms with E-state index in [-0.39, 0.29) is 0 Å². The van der Waals surface area contributed by atoms with Crippen LogP contribution in [-0.4, -0.2) is 0 Å². The number of rotatable bonds is 2. The van der Waals surface area contributed by atoms with Gasteiger partial charge in [-0.15, -0.1) is 0 Å². The highest BCUT2D eigenvalue weighted by atomic mass is 127. The highest BCUT2D eigenvalue weighted by Gasteiger charge is 2.02. The Morgan fingerprint density at radius 2 is 1.94 bits per heavy atom. The van der Waals surface area contributed by atoms with Crippen molar-refractivity contribution in [2.24, 2.45) is 0 Å². The molecule has 0 spiro atoms. The van der Waals surface area contributed by atoms with Gasteiger partial charge in [-0.2, -0.15) is 5.26 Å². The van der Waals surface area contributed by atoms with Gasteiger partial charge in [-0.05, 0) is 64.1 Å². The number of nitrogens with zero attached hydrogens (tertiary/aromatic N) is 1. The van der Waals surface area contributed by atoms with Gasteiger partial charge in [0.1, 0.15) is 0 Å². The number of hydrogen-bond acceptors (Lipinski definition) is 1. The fourth-order valence-electron chi connectivity index (χ4n) is 1.60. The molecule has 0 bridgehead atoms. The van der Waals surface area contributed by atoms with E-state index in [9.17, 15) is 5.26 Å². The van der Waals surface area contributed by atoms with Gasteiger partial charge in [0.2, 0.25) is 0 Å². The smallest absolute Gasteiger partial charge is 0.0998 e. The molecule has 0 saturated heterocycles. The molecule has 0 heterocycles. The summed E-state index contributed by atoms with van der Waals surface area (Å²) in [4.78, 5) is 0. The van der Waals surface area contributed by atoms with Crippen LogP contribution in [0.3, 0.4) is 0 Å². The normalized spacial score (nSPS) is 11.1. The van der Waals surface area contributed by atoms with Gasteiger partial charge in [0.15, 0.2) is 0 Å². The maximum atomic E-state index is 9.24. The highest BCUT2D eigenvalue weighted by Crippen LogP contribution is 2.21. The third-order valence-electron chi connectivity index (χ3n) is 2.42. The zero-order valence-electron chi connectivity index (χ0n) is 9.40. The lowest BCUT2D eigenvalue weighted by Crippen LogP contribution is -1.82. The first kappa shape index (κ1) is 13.1. The fraction of sp³-hybridized carbons (Fsp3) is 0. The van der Waals surface area contributed by atoms with Gasteiger partial charge in [0, 0.05) is 8.59 Å². The Labute approximate surface area is 125 Å². The Hall–Kier alpha value is -1.31. The molecule has 0 atom stereocenters. The molecule has 2 aromatic carbocycles. The number of allylic oxidation sites excluding steroid dienone is 1. The average Bonchev–Trinajstić information content (AvgIpc) is 2.36. The van der Waals surface area contributed by atoms with E-state index in [0.29, 0.717) is 10.6 Å². The molecule has 0 aliphatic heterocycles. The number of hydrogen-bond donors (Lipinski definition) is 0. The second-order valence-electron chi connectivity index (χ2n) is 3.74. The lowest BCUT2D eigenvalue weighted by molar-refractivity contribution is 1.52. The second-order valence-corrected chi connectivity index (χ2v) is 5.42. The van der Waals surface area contributed by atoms with Gasteiger partial charge in [0.05, 0.1) is 11.6 Å². The molecule has 0 amide bonds. The largest absolute Gasteiger partial charge is 0.192 e. The SMILES string of the molecule is N#C/C(=C/c1cccc(I)c1)c1cccc(Cl)c1. The molecular weight excluding hydrogens is 357 g/mol. The Bertz CT molecular complexity index is 641. The van der Waals surface area contributed by atoms with Gasteiger partial charge < -0.3 is 0 Å². The van der Waals surface area contributed by atoms with Crippen LogP contribution in [0.15, 0.2) is 48.5 Å². The minimum Gasteiger partial charge on any atom is -0.192 e. The van der Waals surface area contributed by atoms with E-state index in [1.54, 1.807) is 12.1 Å². The first-order chi connectivity index (χ1) is 8.69. The summed E-state index contributed by atoms with van der Waals surface area (Å²) in [6.07, 6.45) is 1.87. The molecule has 0 fully saturated rings. The van der Waals surface area contributed by atoms with Crippen molar-refractivity contribution < 1.29 is 0 Å². The van der Waals surface area contributed by atoms with Crippen molar-refractivity contribution in [2.75, 3.05) is 0 Å².